The fourth-order valence-electron chi connectivity index (χ4n) is 1.89. The predicted octanol–water partition coefficient (Wildman–Crippen LogP) is 1.95. The van der Waals surface area contributed by atoms with E-state index in [1.54, 1.807) is 12.3 Å². The molecular weight excluding hydrogens is 334 g/mol. The predicted molar refractivity (Wildman–Crippen MR) is 75.0 cm³/mol. The molecule has 1 aliphatic heterocycles. The summed E-state index contributed by atoms with van der Waals surface area (Å²) in [5, 5.41) is 0. The Labute approximate surface area is 121 Å². The number of halogens is 1. The van der Waals surface area contributed by atoms with Gasteiger partial charge in [-0.3, -0.25) is 0 Å². The Morgan fingerprint density at radius 3 is 2.74 bits per heavy atom. The molecule has 19 heavy (non-hydrogen) atoms. The van der Waals surface area contributed by atoms with Crippen molar-refractivity contribution in [2.24, 2.45) is 0 Å². The zero-order chi connectivity index (χ0) is 13.9. The fraction of sp³-hybridized carbons (Fsp3) is 0.583. The molecule has 0 unspecified atom stereocenters. The van der Waals surface area contributed by atoms with Crippen LogP contribution in [0.3, 0.4) is 0 Å². The van der Waals surface area contributed by atoms with Gasteiger partial charge < -0.3 is 9.47 Å². The summed E-state index contributed by atoms with van der Waals surface area (Å²) in [5.74, 6) is 0.486. The fourth-order valence-corrected chi connectivity index (χ4v) is 3.14. The highest BCUT2D eigenvalue weighted by Crippen LogP contribution is 2.26. The maximum atomic E-state index is 11.2. The molecule has 1 fully saturated rings. The number of hydrogen-bond donors (Lipinski definition) is 0. The maximum absolute atomic E-state index is 11.2. The highest BCUT2D eigenvalue weighted by Gasteiger charge is 2.17. The molecule has 2 heterocycles. The average Bonchev–Trinajstić information content (AvgIpc) is 2.32. The van der Waals surface area contributed by atoms with Gasteiger partial charge >= 0.3 is 0 Å². The van der Waals surface area contributed by atoms with E-state index in [2.05, 4.69) is 20.9 Å². The number of hydrogen-bond acceptors (Lipinski definition) is 5. The van der Waals surface area contributed by atoms with Crippen LogP contribution >= 0.6 is 15.9 Å². The Hall–Kier alpha value is -0.660. The van der Waals surface area contributed by atoms with Crippen LogP contribution in [0.4, 0.5) is 0 Å². The summed E-state index contributed by atoms with van der Waals surface area (Å²) in [6, 6.07) is 1.74. The number of aromatic nitrogens is 1. The van der Waals surface area contributed by atoms with Crippen LogP contribution < -0.4 is 4.74 Å². The molecule has 0 spiro atoms. The van der Waals surface area contributed by atoms with E-state index in [1.165, 1.54) is 6.26 Å². The number of rotatable bonds is 4. The maximum Gasteiger partial charge on any atom is 0.228 e. The van der Waals surface area contributed by atoms with E-state index in [9.17, 15) is 8.42 Å². The Morgan fingerprint density at radius 1 is 1.47 bits per heavy atom. The minimum absolute atomic E-state index is 0.0177. The third-order valence-corrected chi connectivity index (χ3v) is 4.17. The van der Waals surface area contributed by atoms with E-state index in [-0.39, 0.29) is 11.9 Å². The normalized spacial score (nSPS) is 17.4. The van der Waals surface area contributed by atoms with E-state index in [0.717, 1.165) is 12.8 Å². The quantitative estimate of drug-likeness (QED) is 0.830. The molecule has 1 aromatic heterocycles. The van der Waals surface area contributed by atoms with Crippen LogP contribution in [0.1, 0.15) is 18.4 Å². The molecule has 0 bridgehead atoms. The van der Waals surface area contributed by atoms with Gasteiger partial charge in [0.1, 0.15) is 6.10 Å². The van der Waals surface area contributed by atoms with Crippen LogP contribution in [-0.4, -0.2) is 39.0 Å². The van der Waals surface area contributed by atoms with Crippen molar-refractivity contribution in [3.63, 3.8) is 0 Å². The Bertz CT molecular complexity index is 541. The summed E-state index contributed by atoms with van der Waals surface area (Å²) in [6.07, 6.45) is 4.55. The summed E-state index contributed by atoms with van der Waals surface area (Å²) in [5.41, 5.74) is 0.647. The third-order valence-electron chi connectivity index (χ3n) is 2.74. The average molecular weight is 350 g/mol. The number of nitrogens with zero attached hydrogens (tertiary/aromatic N) is 1. The molecule has 1 aromatic rings. The summed E-state index contributed by atoms with van der Waals surface area (Å²) in [6.45, 7) is 1.41. The number of pyridine rings is 1. The topological polar surface area (TPSA) is 65.5 Å². The van der Waals surface area contributed by atoms with Gasteiger partial charge in [-0.1, -0.05) is 0 Å². The molecule has 0 aliphatic carbocycles. The molecule has 7 heteroatoms. The first-order valence-corrected chi connectivity index (χ1v) is 8.86. The van der Waals surface area contributed by atoms with Gasteiger partial charge in [-0.15, -0.1) is 0 Å². The molecule has 0 amide bonds. The number of sulfone groups is 1. The van der Waals surface area contributed by atoms with Crippen molar-refractivity contribution in [1.29, 1.82) is 0 Å². The van der Waals surface area contributed by atoms with E-state index in [1.807, 2.05) is 0 Å². The molecule has 1 saturated heterocycles. The first-order valence-electron chi connectivity index (χ1n) is 6.00. The van der Waals surface area contributed by atoms with Crippen LogP contribution in [0, 0.1) is 0 Å². The van der Waals surface area contributed by atoms with Gasteiger partial charge in [0.2, 0.25) is 5.88 Å². The summed E-state index contributed by atoms with van der Waals surface area (Å²) >= 11 is 3.37. The molecule has 0 saturated carbocycles. The van der Waals surface area contributed by atoms with Gasteiger partial charge in [0.25, 0.3) is 0 Å². The van der Waals surface area contributed by atoms with Crippen LogP contribution in [0.2, 0.25) is 0 Å². The van der Waals surface area contributed by atoms with Gasteiger partial charge in [-0.2, -0.15) is 0 Å². The molecule has 0 N–H and O–H groups in total. The van der Waals surface area contributed by atoms with E-state index in [0.29, 0.717) is 29.1 Å². The van der Waals surface area contributed by atoms with Crippen LogP contribution in [0.5, 0.6) is 5.88 Å². The van der Waals surface area contributed by atoms with Crippen LogP contribution in [0.15, 0.2) is 16.7 Å². The SMILES string of the molecule is CS(=O)(=O)Cc1cnc(OC2CCOCC2)c(Br)c1. The Morgan fingerprint density at radius 2 is 2.16 bits per heavy atom. The molecule has 0 radical (unpaired) electrons. The first-order chi connectivity index (χ1) is 8.94. The second-order valence-electron chi connectivity index (χ2n) is 4.63. The van der Waals surface area contributed by atoms with E-state index in [4.69, 9.17) is 9.47 Å². The van der Waals surface area contributed by atoms with Crippen molar-refractivity contribution in [3.05, 3.63) is 22.3 Å². The van der Waals surface area contributed by atoms with Gasteiger partial charge in [0, 0.05) is 25.3 Å². The first kappa shape index (κ1) is 14.7. The van der Waals surface area contributed by atoms with Crippen molar-refractivity contribution < 1.29 is 17.9 Å². The molecule has 0 atom stereocenters. The molecule has 0 aromatic carbocycles. The van der Waals surface area contributed by atoms with Gasteiger partial charge in [0.15, 0.2) is 9.84 Å². The standard InChI is InChI=1S/C12H16BrNO4S/c1-19(15,16)8-9-6-11(13)12(14-7-9)18-10-2-4-17-5-3-10/h6-7,10H,2-5,8H2,1H3. The second kappa shape index (κ2) is 6.19. The zero-order valence-corrected chi connectivity index (χ0v) is 13.0. The van der Waals surface area contributed by atoms with E-state index >= 15 is 0 Å². The third kappa shape index (κ3) is 4.74. The van der Waals surface area contributed by atoms with Crippen molar-refractivity contribution in [2.75, 3.05) is 19.5 Å². The van der Waals surface area contributed by atoms with Crippen LogP contribution in [-0.2, 0) is 20.3 Å². The highest BCUT2D eigenvalue weighted by molar-refractivity contribution is 9.10. The smallest absolute Gasteiger partial charge is 0.228 e. The molecule has 5 nitrogen and oxygen atoms in total. The van der Waals surface area contributed by atoms with Crippen molar-refractivity contribution >= 4 is 25.8 Å². The van der Waals surface area contributed by atoms with Crippen molar-refractivity contribution in [1.82, 2.24) is 4.98 Å². The van der Waals surface area contributed by atoms with Crippen LogP contribution in [0.25, 0.3) is 0 Å². The zero-order valence-electron chi connectivity index (χ0n) is 10.6. The lowest BCUT2D eigenvalue weighted by Gasteiger charge is -2.23. The second-order valence-corrected chi connectivity index (χ2v) is 7.62. The number of ether oxygens (including phenoxy) is 2. The highest BCUT2D eigenvalue weighted by atomic mass is 79.9. The van der Waals surface area contributed by atoms with Crippen molar-refractivity contribution in [3.8, 4) is 5.88 Å². The van der Waals surface area contributed by atoms with E-state index < -0.39 is 9.84 Å². The summed E-state index contributed by atoms with van der Waals surface area (Å²) in [4.78, 5) is 4.18. The molecule has 1 aliphatic rings. The lowest BCUT2D eigenvalue weighted by atomic mass is 10.1. The molecule has 2 rings (SSSR count). The largest absolute Gasteiger partial charge is 0.473 e. The summed E-state index contributed by atoms with van der Waals surface area (Å²) < 4.78 is 34.2. The minimum Gasteiger partial charge on any atom is -0.473 e. The Balaban J connectivity index is 2.06. The van der Waals surface area contributed by atoms with Gasteiger partial charge in [-0.25, -0.2) is 13.4 Å². The minimum atomic E-state index is -3.05. The van der Waals surface area contributed by atoms with Crippen molar-refractivity contribution in [2.45, 2.75) is 24.7 Å². The lowest BCUT2D eigenvalue weighted by Crippen LogP contribution is -2.26. The molecular formula is C12H16BrNO4S. The summed E-state index contributed by atoms with van der Waals surface area (Å²) in [7, 11) is -3.05. The van der Waals surface area contributed by atoms with Gasteiger partial charge in [0.05, 0.1) is 23.4 Å². The monoisotopic (exact) mass is 349 g/mol. The van der Waals surface area contributed by atoms with Gasteiger partial charge in [-0.05, 0) is 27.6 Å². The Kier molecular flexibility index (Phi) is 4.81. The lowest BCUT2D eigenvalue weighted by molar-refractivity contribution is 0.0234. The molecule has 106 valence electrons.